The number of halogens is 4. The van der Waals surface area contributed by atoms with Gasteiger partial charge >= 0.3 is 6.18 Å². The van der Waals surface area contributed by atoms with Crippen molar-refractivity contribution < 1.29 is 42.1 Å². The van der Waals surface area contributed by atoms with Gasteiger partial charge in [-0.15, -0.1) is 0 Å². The summed E-state index contributed by atoms with van der Waals surface area (Å²) in [6.07, 6.45) is -0.780. The molecule has 214 valence electrons. The zero-order valence-electron chi connectivity index (χ0n) is 22.6. The van der Waals surface area contributed by atoms with Gasteiger partial charge in [-0.25, -0.2) is 4.39 Å². The maximum atomic E-state index is 13.9. The Morgan fingerprint density at radius 3 is 2.10 bits per heavy atom. The molecule has 0 spiro atoms. The van der Waals surface area contributed by atoms with E-state index in [-0.39, 0.29) is 47.7 Å². The van der Waals surface area contributed by atoms with Crippen molar-refractivity contribution in [1.82, 2.24) is 0 Å². The summed E-state index contributed by atoms with van der Waals surface area (Å²) in [6, 6.07) is 7.88. The lowest BCUT2D eigenvalue weighted by atomic mass is 9.66. The first-order valence-corrected chi connectivity index (χ1v) is 13.2. The second-order valence-electron chi connectivity index (χ2n) is 9.71. The number of Topliss-reactive ketones (excluding diaryl/α,β-unsaturated/α-hetero) is 1. The van der Waals surface area contributed by atoms with Crippen molar-refractivity contribution >= 4 is 17.6 Å². The molecule has 0 atom stereocenters. The van der Waals surface area contributed by atoms with E-state index in [4.69, 9.17) is 4.74 Å². The topological polar surface area (TPSA) is 83.8 Å². The second-order valence-corrected chi connectivity index (χ2v) is 9.71. The highest BCUT2D eigenvalue weighted by molar-refractivity contribution is 6.28. The third kappa shape index (κ3) is 6.29. The number of aliphatic hydroxyl groups is 2. The number of allylic oxidation sites excluding steroid dienone is 4. The summed E-state index contributed by atoms with van der Waals surface area (Å²) in [5.41, 5.74) is -3.27. The van der Waals surface area contributed by atoms with E-state index in [1.165, 1.54) is 18.2 Å². The van der Waals surface area contributed by atoms with Crippen LogP contribution in [-0.2, 0) is 15.8 Å². The summed E-state index contributed by atoms with van der Waals surface area (Å²) in [4.78, 5) is 26.9. The first kappa shape index (κ1) is 30.7. The van der Waals surface area contributed by atoms with Crippen LogP contribution in [0.1, 0.15) is 70.4 Å². The number of benzene rings is 2. The van der Waals surface area contributed by atoms with Crippen molar-refractivity contribution in [2.45, 2.75) is 65.5 Å². The number of carbonyl (C=O) groups excluding carboxylic acids is 2. The van der Waals surface area contributed by atoms with Gasteiger partial charge in [0.15, 0.2) is 11.6 Å². The molecule has 0 saturated heterocycles. The lowest BCUT2D eigenvalue weighted by Crippen LogP contribution is -2.40. The predicted molar refractivity (Wildman–Crippen MR) is 143 cm³/mol. The minimum absolute atomic E-state index is 0.110. The average Bonchev–Trinajstić information content (AvgIpc) is 2.90. The number of carbonyl (C=O) groups is 2. The molecule has 2 N–H and O–H groups in total. The lowest BCUT2D eigenvalue weighted by molar-refractivity contribution is -0.138. The fourth-order valence-electron chi connectivity index (χ4n) is 5.04. The van der Waals surface area contributed by atoms with Gasteiger partial charge in [0.25, 0.3) is 0 Å². The highest BCUT2D eigenvalue weighted by Gasteiger charge is 2.49. The maximum Gasteiger partial charge on any atom is 0.417 e. The molecule has 0 aliphatic heterocycles. The van der Waals surface area contributed by atoms with Gasteiger partial charge in [0.2, 0.25) is 0 Å². The Morgan fingerprint density at radius 2 is 1.55 bits per heavy atom. The van der Waals surface area contributed by atoms with Crippen molar-refractivity contribution in [1.29, 1.82) is 0 Å². The number of hydrogen-bond donors (Lipinski definition) is 2. The SMILES string of the molecule is CCCC1=C(O)C(CCC)(CCC)C(=O)C(C(=O)/C=C/c2ccc(Oc3ccc(F)cc3)cc2C(F)(F)F)=C1O. The molecule has 1 aliphatic rings. The summed E-state index contributed by atoms with van der Waals surface area (Å²) in [6.45, 7) is 5.48. The highest BCUT2D eigenvalue weighted by atomic mass is 19.4. The maximum absolute atomic E-state index is 13.9. The van der Waals surface area contributed by atoms with Gasteiger partial charge in [-0.1, -0.05) is 52.2 Å². The van der Waals surface area contributed by atoms with Crippen molar-refractivity contribution in [2.24, 2.45) is 5.41 Å². The fourth-order valence-corrected chi connectivity index (χ4v) is 5.04. The van der Waals surface area contributed by atoms with E-state index in [1.807, 2.05) is 20.8 Å². The number of aliphatic hydroxyl groups excluding tert-OH is 2. The molecule has 2 aromatic carbocycles. The van der Waals surface area contributed by atoms with Gasteiger partial charge in [0, 0.05) is 5.57 Å². The standard InChI is InChI=1S/C31H32F4O5/c1-4-7-23-27(37)26(29(39)30(16-5-2,17-6-3)28(23)38)25(36)15-9-19-8-12-22(18-24(19)31(33,34)35)40-21-13-10-20(32)11-14-21/h8-15,18,37-38H,4-7,16-17H2,1-3H3/b15-9+. The van der Waals surface area contributed by atoms with Crippen LogP contribution < -0.4 is 4.74 Å². The van der Waals surface area contributed by atoms with E-state index in [0.717, 1.165) is 36.4 Å². The van der Waals surface area contributed by atoms with Gasteiger partial charge < -0.3 is 14.9 Å². The van der Waals surface area contributed by atoms with Crippen LogP contribution in [0.2, 0.25) is 0 Å². The predicted octanol–water partition coefficient (Wildman–Crippen LogP) is 8.81. The third-order valence-corrected chi connectivity index (χ3v) is 6.82. The van der Waals surface area contributed by atoms with Gasteiger partial charge in [0.1, 0.15) is 34.4 Å². The number of ketones is 2. The molecule has 0 fully saturated rings. The normalized spacial score (nSPS) is 15.7. The lowest BCUT2D eigenvalue weighted by Gasteiger charge is -2.36. The Balaban J connectivity index is 2.02. The van der Waals surface area contributed by atoms with E-state index in [9.17, 15) is 37.4 Å². The summed E-state index contributed by atoms with van der Waals surface area (Å²) < 4.78 is 60.3. The zero-order valence-corrected chi connectivity index (χ0v) is 22.6. The quantitative estimate of drug-likeness (QED) is 0.163. The van der Waals surface area contributed by atoms with E-state index in [2.05, 4.69) is 0 Å². The van der Waals surface area contributed by atoms with Crippen molar-refractivity contribution in [2.75, 3.05) is 0 Å². The summed E-state index contributed by atoms with van der Waals surface area (Å²) >= 11 is 0. The van der Waals surface area contributed by atoms with E-state index < -0.39 is 45.9 Å². The smallest absolute Gasteiger partial charge is 0.417 e. The molecule has 0 bridgehead atoms. The largest absolute Gasteiger partial charge is 0.511 e. The second kappa shape index (κ2) is 12.5. The van der Waals surface area contributed by atoms with Gasteiger partial charge in [-0.2, -0.15) is 13.2 Å². The monoisotopic (exact) mass is 560 g/mol. The Hall–Kier alpha value is -3.88. The summed E-state index contributed by atoms with van der Waals surface area (Å²) in [7, 11) is 0. The Labute approximate surface area is 230 Å². The number of rotatable bonds is 11. The van der Waals surface area contributed by atoms with Crippen LogP contribution in [0.3, 0.4) is 0 Å². The van der Waals surface area contributed by atoms with Crippen LogP contribution in [0.25, 0.3) is 6.08 Å². The van der Waals surface area contributed by atoms with E-state index >= 15 is 0 Å². The van der Waals surface area contributed by atoms with Gasteiger partial charge in [-0.3, -0.25) is 9.59 Å². The first-order chi connectivity index (χ1) is 18.9. The molecule has 0 saturated carbocycles. The minimum atomic E-state index is -4.81. The summed E-state index contributed by atoms with van der Waals surface area (Å²) in [5, 5.41) is 22.0. The van der Waals surface area contributed by atoms with Crippen LogP contribution in [0.15, 0.2) is 71.2 Å². The number of ether oxygens (including phenoxy) is 1. The molecule has 0 heterocycles. The van der Waals surface area contributed by atoms with Gasteiger partial charge in [-0.05, 0) is 67.3 Å². The minimum Gasteiger partial charge on any atom is -0.511 e. The first-order valence-electron chi connectivity index (χ1n) is 13.2. The Kier molecular flexibility index (Phi) is 9.60. The molecule has 9 heteroatoms. The van der Waals surface area contributed by atoms with Crippen LogP contribution in [0.5, 0.6) is 11.5 Å². The molecule has 1 aliphatic carbocycles. The molecular formula is C31H32F4O5. The molecule has 0 aromatic heterocycles. The molecule has 0 amide bonds. The molecule has 40 heavy (non-hydrogen) atoms. The van der Waals surface area contributed by atoms with Crippen LogP contribution >= 0.6 is 0 Å². The average molecular weight is 561 g/mol. The van der Waals surface area contributed by atoms with Gasteiger partial charge in [0.05, 0.1) is 11.0 Å². The van der Waals surface area contributed by atoms with Crippen LogP contribution in [0, 0.1) is 11.2 Å². The fraction of sp³-hybridized carbons (Fsp3) is 0.355. The van der Waals surface area contributed by atoms with Crippen LogP contribution in [0.4, 0.5) is 17.6 Å². The third-order valence-electron chi connectivity index (χ3n) is 6.82. The molecule has 0 unspecified atom stereocenters. The van der Waals surface area contributed by atoms with E-state index in [1.54, 1.807) is 0 Å². The molecule has 0 radical (unpaired) electrons. The summed E-state index contributed by atoms with van der Waals surface area (Å²) in [5.74, 6) is -3.12. The molecule has 3 rings (SSSR count). The molecular weight excluding hydrogens is 528 g/mol. The zero-order chi connectivity index (χ0) is 29.7. The Morgan fingerprint density at radius 1 is 0.950 bits per heavy atom. The molecule has 2 aromatic rings. The van der Waals surface area contributed by atoms with E-state index in [0.29, 0.717) is 19.3 Å². The van der Waals surface area contributed by atoms with Crippen LogP contribution in [-0.4, -0.2) is 21.8 Å². The number of alkyl halides is 3. The van der Waals surface area contributed by atoms with Crippen molar-refractivity contribution in [3.63, 3.8) is 0 Å². The Bertz CT molecular complexity index is 1340. The molecule has 5 nitrogen and oxygen atoms in total. The van der Waals surface area contributed by atoms with Crippen molar-refractivity contribution in [3.8, 4) is 11.5 Å². The van der Waals surface area contributed by atoms with Crippen molar-refractivity contribution in [3.05, 3.63) is 88.1 Å². The number of hydrogen-bond acceptors (Lipinski definition) is 5. The highest BCUT2D eigenvalue weighted by Crippen LogP contribution is 2.47.